The molecular formula is C13H21ClN4. The minimum absolute atomic E-state index is 0.350. The number of hydrogen-bond donors (Lipinski definition) is 0. The summed E-state index contributed by atoms with van der Waals surface area (Å²) in [6, 6.07) is 0.681. The van der Waals surface area contributed by atoms with Crippen LogP contribution in [0.25, 0.3) is 0 Å². The van der Waals surface area contributed by atoms with E-state index in [1.165, 1.54) is 12.8 Å². The second-order valence-corrected chi connectivity index (χ2v) is 5.55. The SMILES string of the molecule is Cc1nc(Cl)nc(N2CCC(N(C)C)CC2)c1C. The second-order valence-electron chi connectivity index (χ2n) is 5.21. The molecule has 18 heavy (non-hydrogen) atoms. The summed E-state index contributed by atoms with van der Waals surface area (Å²) in [5.41, 5.74) is 2.11. The van der Waals surface area contributed by atoms with Crippen molar-refractivity contribution >= 4 is 17.4 Å². The Bertz CT molecular complexity index is 425. The van der Waals surface area contributed by atoms with Crippen molar-refractivity contribution in [3.8, 4) is 0 Å². The van der Waals surface area contributed by atoms with Crippen molar-refractivity contribution in [1.82, 2.24) is 14.9 Å². The normalized spacial score (nSPS) is 17.6. The van der Waals surface area contributed by atoms with E-state index in [-0.39, 0.29) is 0 Å². The minimum atomic E-state index is 0.350. The molecule has 0 N–H and O–H groups in total. The van der Waals surface area contributed by atoms with Crippen molar-refractivity contribution in [1.29, 1.82) is 0 Å². The maximum Gasteiger partial charge on any atom is 0.224 e. The molecule has 1 aromatic rings. The summed E-state index contributed by atoms with van der Waals surface area (Å²) in [5.74, 6) is 1.00. The summed E-state index contributed by atoms with van der Waals surface area (Å²) in [4.78, 5) is 13.2. The lowest BCUT2D eigenvalue weighted by molar-refractivity contribution is 0.249. The van der Waals surface area contributed by atoms with Gasteiger partial charge in [0.25, 0.3) is 0 Å². The molecule has 1 aromatic heterocycles. The number of piperidine rings is 1. The number of hydrogen-bond acceptors (Lipinski definition) is 4. The molecule has 2 heterocycles. The highest BCUT2D eigenvalue weighted by atomic mass is 35.5. The Hall–Kier alpha value is -0.870. The van der Waals surface area contributed by atoms with Crippen LogP contribution in [0.5, 0.6) is 0 Å². The fourth-order valence-electron chi connectivity index (χ4n) is 2.48. The molecule has 0 radical (unpaired) electrons. The third-order valence-electron chi connectivity index (χ3n) is 3.83. The molecule has 1 fully saturated rings. The molecule has 1 aliphatic heterocycles. The van der Waals surface area contributed by atoms with E-state index < -0.39 is 0 Å². The molecule has 4 nitrogen and oxygen atoms in total. The van der Waals surface area contributed by atoms with E-state index in [0.717, 1.165) is 30.2 Å². The van der Waals surface area contributed by atoms with E-state index in [1.54, 1.807) is 0 Å². The summed E-state index contributed by atoms with van der Waals surface area (Å²) in [5, 5.41) is 0.350. The lowest BCUT2D eigenvalue weighted by Crippen LogP contribution is -2.42. The third-order valence-corrected chi connectivity index (χ3v) is 4.00. The predicted molar refractivity (Wildman–Crippen MR) is 75.4 cm³/mol. The summed E-state index contributed by atoms with van der Waals surface area (Å²) in [6.45, 7) is 6.13. The Balaban J connectivity index is 2.15. The first-order chi connectivity index (χ1) is 8.49. The largest absolute Gasteiger partial charge is 0.356 e. The number of aromatic nitrogens is 2. The number of nitrogens with zero attached hydrogens (tertiary/aromatic N) is 4. The van der Waals surface area contributed by atoms with Crippen molar-refractivity contribution in [2.45, 2.75) is 32.7 Å². The average molecular weight is 269 g/mol. The first-order valence-electron chi connectivity index (χ1n) is 6.41. The van der Waals surface area contributed by atoms with E-state index in [4.69, 9.17) is 11.6 Å². The van der Waals surface area contributed by atoms with Gasteiger partial charge in [-0.15, -0.1) is 0 Å². The van der Waals surface area contributed by atoms with Gasteiger partial charge in [-0.25, -0.2) is 9.97 Å². The zero-order valence-electron chi connectivity index (χ0n) is 11.6. The summed E-state index contributed by atoms with van der Waals surface area (Å²) < 4.78 is 0. The van der Waals surface area contributed by atoms with Gasteiger partial charge in [-0.3, -0.25) is 0 Å². The molecule has 2 rings (SSSR count). The second kappa shape index (κ2) is 5.41. The molecule has 0 atom stereocenters. The molecule has 1 saturated heterocycles. The van der Waals surface area contributed by atoms with E-state index in [0.29, 0.717) is 11.3 Å². The minimum Gasteiger partial charge on any atom is -0.356 e. The van der Waals surface area contributed by atoms with E-state index >= 15 is 0 Å². The number of rotatable bonds is 2. The molecule has 0 saturated carbocycles. The smallest absolute Gasteiger partial charge is 0.224 e. The van der Waals surface area contributed by atoms with Gasteiger partial charge >= 0.3 is 0 Å². The molecule has 0 amide bonds. The van der Waals surface area contributed by atoms with Crippen LogP contribution in [0, 0.1) is 13.8 Å². The van der Waals surface area contributed by atoms with Gasteiger partial charge < -0.3 is 9.80 Å². The molecule has 100 valence electrons. The lowest BCUT2D eigenvalue weighted by atomic mass is 10.0. The Labute approximate surface area is 114 Å². The third kappa shape index (κ3) is 2.75. The van der Waals surface area contributed by atoms with Crippen LogP contribution in [0.15, 0.2) is 0 Å². The quantitative estimate of drug-likeness (QED) is 0.771. The number of halogens is 1. The van der Waals surface area contributed by atoms with Crippen molar-refractivity contribution in [3.63, 3.8) is 0 Å². The standard InChI is InChI=1S/C13H21ClN4/c1-9-10(2)15-13(14)16-12(9)18-7-5-11(6-8-18)17(3)4/h11H,5-8H2,1-4H3. The fraction of sp³-hybridized carbons (Fsp3) is 0.692. The monoisotopic (exact) mass is 268 g/mol. The number of anilines is 1. The van der Waals surface area contributed by atoms with Crippen molar-refractivity contribution in [2.24, 2.45) is 0 Å². The molecule has 0 aliphatic carbocycles. The zero-order chi connectivity index (χ0) is 13.3. The van der Waals surface area contributed by atoms with E-state index in [1.807, 2.05) is 6.92 Å². The number of aryl methyl sites for hydroxylation is 1. The Morgan fingerprint density at radius 2 is 1.78 bits per heavy atom. The van der Waals surface area contributed by atoms with Crippen LogP contribution in [0.4, 0.5) is 5.82 Å². The Morgan fingerprint density at radius 1 is 1.17 bits per heavy atom. The summed E-state index contributed by atoms with van der Waals surface area (Å²) in [7, 11) is 4.30. The van der Waals surface area contributed by atoms with Crippen LogP contribution in [-0.2, 0) is 0 Å². The lowest BCUT2D eigenvalue weighted by Gasteiger charge is -2.36. The molecule has 0 aromatic carbocycles. The van der Waals surface area contributed by atoms with Crippen LogP contribution in [0.3, 0.4) is 0 Å². The van der Waals surface area contributed by atoms with Crippen LogP contribution in [-0.4, -0.2) is 48.1 Å². The van der Waals surface area contributed by atoms with Gasteiger partial charge in [0.2, 0.25) is 5.28 Å². The van der Waals surface area contributed by atoms with Gasteiger partial charge in [-0.05, 0) is 52.4 Å². The maximum absolute atomic E-state index is 5.96. The molecular weight excluding hydrogens is 248 g/mol. The molecule has 1 aliphatic rings. The van der Waals surface area contributed by atoms with Gasteiger partial charge in [-0.1, -0.05) is 0 Å². The topological polar surface area (TPSA) is 32.3 Å². The van der Waals surface area contributed by atoms with Gasteiger partial charge in [0.1, 0.15) is 5.82 Å². The van der Waals surface area contributed by atoms with Crippen LogP contribution in [0.1, 0.15) is 24.1 Å². The van der Waals surface area contributed by atoms with E-state index in [2.05, 4.69) is 40.8 Å². The van der Waals surface area contributed by atoms with E-state index in [9.17, 15) is 0 Å². The molecule has 0 unspecified atom stereocenters. The first kappa shape index (κ1) is 13.6. The molecule has 0 bridgehead atoms. The van der Waals surface area contributed by atoms with Gasteiger partial charge in [0.15, 0.2) is 0 Å². The van der Waals surface area contributed by atoms with Gasteiger partial charge in [-0.2, -0.15) is 0 Å². The fourth-order valence-corrected chi connectivity index (χ4v) is 2.69. The van der Waals surface area contributed by atoms with Crippen LogP contribution >= 0.6 is 11.6 Å². The first-order valence-corrected chi connectivity index (χ1v) is 6.79. The summed E-state index contributed by atoms with van der Waals surface area (Å²) >= 11 is 5.96. The average Bonchev–Trinajstić information content (AvgIpc) is 2.34. The van der Waals surface area contributed by atoms with Crippen LogP contribution in [0.2, 0.25) is 5.28 Å². The molecule has 5 heteroatoms. The Kier molecular flexibility index (Phi) is 4.07. The van der Waals surface area contributed by atoms with Crippen molar-refractivity contribution in [2.75, 3.05) is 32.1 Å². The zero-order valence-corrected chi connectivity index (χ0v) is 12.3. The molecule has 0 spiro atoms. The van der Waals surface area contributed by atoms with Crippen molar-refractivity contribution < 1.29 is 0 Å². The van der Waals surface area contributed by atoms with Crippen LogP contribution < -0.4 is 4.90 Å². The van der Waals surface area contributed by atoms with Gasteiger partial charge in [0, 0.05) is 30.4 Å². The highest BCUT2D eigenvalue weighted by molar-refractivity contribution is 6.28. The van der Waals surface area contributed by atoms with Gasteiger partial charge in [0.05, 0.1) is 0 Å². The van der Waals surface area contributed by atoms with Crippen molar-refractivity contribution in [3.05, 3.63) is 16.5 Å². The Morgan fingerprint density at radius 3 is 2.33 bits per heavy atom. The highest BCUT2D eigenvalue weighted by Gasteiger charge is 2.23. The highest BCUT2D eigenvalue weighted by Crippen LogP contribution is 2.25. The maximum atomic E-state index is 5.96. The summed E-state index contributed by atoms with van der Waals surface area (Å²) in [6.07, 6.45) is 2.35. The predicted octanol–water partition coefficient (Wildman–Crippen LogP) is 2.28.